The van der Waals surface area contributed by atoms with Gasteiger partial charge < -0.3 is 4.42 Å². The van der Waals surface area contributed by atoms with Gasteiger partial charge in [0.25, 0.3) is 5.91 Å². The maximum Gasteiger partial charge on any atom is 0.266 e. The number of amides is 1. The fourth-order valence-corrected chi connectivity index (χ4v) is 3.24. The quantitative estimate of drug-likeness (QED) is 0.631. The number of hydrogen-bond donors (Lipinski definition) is 0. The maximum atomic E-state index is 12.1. The van der Waals surface area contributed by atoms with Crippen LogP contribution in [0.25, 0.3) is 17.4 Å². The minimum atomic E-state index is -0.0932. The molecule has 2 heterocycles. The first-order chi connectivity index (χ1) is 11.5. The van der Waals surface area contributed by atoms with E-state index >= 15 is 0 Å². The van der Waals surface area contributed by atoms with Crippen molar-refractivity contribution in [2.75, 3.05) is 14.1 Å². The van der Waals surface area contributed by atoms with Gasteiger partial charge in [-0.3, -0.25) is 19.5 Å². The molecule has 0 aliphatic carbocycles. The Hall–Kier alpha value is -2.60. The van der Waals surface area contributed by atoms with Crippen LogP contribution in [-0.2, 0) is 4.79 Å². The summed E-state index contributed by atoms with van der Waals surface area (Å²) in [6.07, 6.45) is 1.72. The summed E-state index contributed by atoms with van der Waals surface area (Å²) in [6.45, 7) is 1.54. The molecular weight excluding hydrogens is 324 g/mol. The van der Waals surface area contributed by atoms with E-state index in [0.29, 0.717) is 27.2 Å². The number of Topliss-reactive ketones (excluding diaryl/α,β-unsaturated/α-hetero) is 1. The van der Waals surface area contributed by atoms with Crippen LogP contribution in [0, 0.1) is 0 Å². The number of rotatable bonds is 3. The lowest BCUT2D eigenvalue weighted by Crippen LogP contribution is -2.23. The highest BCUT2D eigenvalue weighted by molar-refractivity contribution is 8.18. The predicted molar refractivity (Wildman–Crippen MR) is 95.8 cm³/mol. The van der Waals surface area contributed by atoms with Crippen molar-refractivity contribution in [1.82, 2.24) is 4.90 Å². The number of furan rings is 1. The van der Waals surface area contributed by atoms with E-state index in [1.54, 1.807) is 32.3 Å². The Bertz CT molecular complexity index is 863. The zero-order valence-electron chi connectivity index (χ0n) is 13.6. The monoisotopic (exact) mass is 340 g/mol. The average Bonchev–Trinajstić information content (AvgIpc) is 3.15. The molecule has 0 spiro atoms. The highest BCUT2D eigenvalue weighted by Crippen LogP contribution is 2.32. The van der Waals surface area contributed by atoms with Crippen molar-refractivity contribution in [3.8, 4) is 11.3 Å². The number of aliphatic imine (C=N–C) groups is 1. The number of hydrogen-bond acceptors (Lipinski definition) is 5. The van der Waals surface area contributed by atoms with E-state index in [1.807, 2.05) is 24.3 Å². The van der Waals surface area contributed by atoms with E-state index in [-0.39, 0.29) is 11.7 Å². The first-order valence-electron chi connectivity index (χ1n) is 7.35. The van der Waals surface area contributed by atoms with Crippen molar-refractivity contribution >= 4 is 34.7 Å². The van der Waals surface area contributed by atoms with Gasteiger partial charge in [0, 0.05) is 31.3 Å². The second-order valence-corrected chi connectivity index (χ2v) is 6.33. The fourth-order valence-electron chi connectivity index (χ4n) is 2.33. The largest absolute Gasteiger partial charge is 0.457 e. The molecule has 0 bridgehead atoms. The lowest BCUT2D eigenvalue weighted by Gasteiger charge is -2.04. The summed E-state index contributed by atoms with van der Waals surface area (Å²) in [7, 11) is 3.35. The Labute approximate surface area is 144 Å². The van der Waals surface area contributed by atoms with E-state index < -0.39 is 0 Å². The number of carbonyl (C=O) groups is 2. The van der Waals surface area contributed by atoms with Crippen LogP contribution in [0.4, 0.5) is 0 Å². The van der Waals surface area contributed by atoms with Gasteiger partial charge in [0.2, 0.25) is 0 Å². The number of likely N-dealkylation sites (N-methyl/N-ethyl adjacent to an activating group) is 1. The molecule has 2 aromatic rings. The second kappa shape index (κ2) is 6.49. The van der Waals surface area contributed by atoms with E-state index in [0.717, 1.165) is 5.56 Å². The van der Waals surface area contributed by atoms with Crippen LogP contribution in [0.1, 0.15) is 23.0 Å². The Balaban J connectivity index is 1.85. The van der Waals surface area contributed by atoms with E-state index in [1.165, 1.54) is 23.6 Å². The number of amidine groups is 1. The van der Waals surface area contributed by atoms with Crippen molar-refractivity contribution in [2.45, 2.75) is 6.92 Å². The number of ketones is 1. The lowest BCUT2D eigenvalue weighted by atomic mass is 10.1. The molecule has 0 radical (unpaired) electrons. The SMILES string of the molecule is CN=C1S/C(=C/c2ccc(-c3ccc(C(C)=O)cc3)o2)C(=O)N1C. The van der Waals surface area contributed by atoms with Gasteiger partial charge in [0.1, 0.15) is 11.5 Å². The minimum absolute atomic E-state index is 0.0284. The third-order valence-electron chi connectivity index (χ3n) is 3.67. The van der Waals surface area contributed by atoms with Gasteiger partial charge in [-0.15, -0.1) is 0 Å². The molecule has 24 heavy (non-hydrogen) atoms. The molecule has 0 saturated carbocycles. The molecule has 3 rings (SSSR count). The third kappa shape index (κ3) is 3.05. The summed E-state index contributed by atoms with van der Waals surface area (Å²) in [5.74, 6) is 1.22. The molecule has 1 aromatic carbocycles. The minimum Gasteiger partial charge on any atom is -0.457 e. The highest BCUT2D eigenvalue weighted by atomic mass is 32.2. The van der Waals surface area contributed by atoms with Crippen molar-refractivity contribution in [2.24, 2.45) is 4.99 Å². The summed E-state index contributed by atoms with van der Waals surface area (Å²) in [5.41, 5.74) is 1.54. The van der Waals surface area contributed by atoms with Crippen molar-refractivity contribution in [3.63, 3.8) is 0 Å². The van der Waals surface area contributed by atoms with Crippen molar-refractivity contribution in [3.05, 3.63) is 52.6 Å². The molecule has 1 amide bonds. The molecule has 6 heteroatoms. The molecule has 1 saturated heterocycles. The van der Waals surface area contributed by atoms with Crippen LogP contribution < -0.4 is 0 Å². The summed E-state index contributed by atoms with van der Waals surface area (Å²) in [5, 5.41) is 0.665. The van der Waals surface area contributed by atoms with Crippen LogP contribution in [0.3, 0.4) is 0 Å². The number of thioether (sulfide) groups is 1. The predicted octanol–water partition coefficient (Wildman–Crippen LogP) is 3.68. The topological polar surface area (TPSA) is 62.9 Å². The molecule has 122 valence electrons. The van der Waals surface area contributed by atoms with Crippen LogP contribution in [-0.4, -0.2) is 35.9 Å². The molecule has 1 fully saturated rings. The van der Waals surface area contributed by atoms with Crippen molar-refractivity contribution in [1.29, 1.82) is 0 Å². The molecule has 1 aliphatic rings. The van der Waals surface area contributed by atoms with Gasteiger partial charge in [-0.25, -0.2) is 0 Å². The van der Waals surface area contributed by atoms with Crippen LogP contribution in [0.2, 0.25) is 0 Å². The van der Waals surface area contributed by atoms with Crippen molar-refractivity contribution < 1.29 is 14.0 Å². The van der Waals surface area contributed by atoms with Crippen LogP contribution in [0.15, 0.2) is 50.7 Å². The van der Waals surface area contributed by atoms with E-state index in [9.17, 15) is 9.59 Å². The molecule has 0 N–H and O–H groups in total. The van der Waals surface area contributed by atoms with Gasteiger partial charge in [0.15, 0.2) is 11.0 Å². The van der Waals surface area contributed by atoms with Crippen LogP contribution >= 0.6 is 11.8 Å². The smallest absolute Gasteiger partial charge is 0.266 e. The third-order valence-corrected chi connectivity index (χ3v) is 4.82. The molecule has 0 atom stereocenters. The standard InChI is InChI=1S/C18H16N2O3S/c1-11(21)12-4-6-13(7-5-12)15-9-8-14(23-15)10-16-17(22)20(3)18(19-2)24-16/h4-10H,1-3H3/b16-10+,19-18?. The Kier molecular flexibility index (Phi) is 4.40. The van der Waals surface area contributed by atoms with E-state index in [4.69, 9.17) is 4.42 Å². The second-order valence-electron chi connectivity index (χ2n) is 5.32. The maximum absolute atomic E-state index is 12.1. The van der Waals surface area contributed by atoms with Gasteiger partial charge >= 0.3 is 0 Å². The van der Waals surface area contributed by atoms with Crippen LogP contribution in [0.5, 0.6) is 0 Å². The first kappa shape index (κ1) is 16.3. The summed E-state index contributed by atoms with van der Waals surface area (Å²) in [4.78, 5) is 29.6. The summed E-state index contributed by atoms with van der Waals surface area (Å²) >= 11 is 1.32. The molecular formula is C18H16N2O3S. The molecule has 1 aliphatic heterocycles. The highest BCUT2D eigenvalue weighted by Gasteiger charge is 2.30. The molecule has 0 unspecified atom stereocenters. The zero-order valence-corrected chi connectivity index (χ0v) is 14.4. The average molecular weight is 340 g/mol. The number of carbonyl (C=O) groups excluding carboxylic acids is 2. The normalized spacial score (nSPS) is 18.0. The fraction of sp³-hybridized carbons (Fsp3) is 0.167. The summed E-state index contributed by atoms with van der Waals surface area (Å²) in [6, 6.07) is 10.9. The summed E-state index contributed by atoms with van der Waals surface area (Å²) < 4.78 is 5.80. The molecule has 5 nitrogen and oxygen atoms in total. The number of benzene rings is 1. The van der Waals surface area contributed by atoms with Gasteiger partial charge in [-0.1, -0.05) is 24.3 Å². The zero-order chi connectivity index (χ0) is 17.3. The van der Waals surface area contributed by atoms with Gasteiger partial charge in [0.05, 0.1) is 4.91 Å². The van der Waals surface area contributed by atoms with E-state index in [2.05, 4.69) is 4.99 Å². The lowest BCUT2D eigenvalue weighted by molar-refractivity contribution is -0.121. The molecule has 1 aromatic heterocycles. The Morgan fingerprint density at radius 3 is 2.50 bits per heavy atom. The Morgan fingerprint density at radius 1 is 1.21 bits per heavy atom. The first-order valence-corrected chi connectivity index (χ1v) is 8.17. The Morgan fingerprint density at radius 2 is 1.92 bits per heavy atom. The van der Waals surface area contributed by atoms with Gasteiger partial charge in [-0.05, 0) is 30.8 Å². The number of nitrogens with zero attached hydrogens (tertiary/aromatic N) is 2. The van der Waals surface area contributed by atoms with Gasteiger partial charge in [-0.2, -0.15) is 0 Å².